The van der Waals surface area contributed by atoms with Gasteiger partial charge >= 0.3 is 6.08 Å². The number of hydrogen-bond acceptors (Lipinski definition) is 2. The first-order chi connectivity index (χ1) is 4.20. The first-order valence-corrected chi connectivity index (χ1v) is 2.41. The van der Waals surface area contributed by atoms with E-state index in [1.165, 1.54) is 0 Å². The summed E-state index contributed by atoms with van der Waals surface area (Å²) < 4.78 is 23.9. The molecule has 0 amide bonds. The zero-order chi connectivity index (χ0) is 6.85. The highest BCUT2D eigenvalue weighted by Gasteiger charge is 2.01. The van der Waals surface area contributed by atoms with Gasteiger partial charge in [0.25, 0.3) is 0 Å². The van der Waals surface area contributed by atoms with Crippen LogP contribution in [-0.2, 0) is 0 Å². The standard InChI is InChI=1S/C4HClF2N2/c5-3-2(6)1-8-4(7)9-3/h1H. The van der Waals surface area contributed by atoms with Crippen LogP contribution in [0.3, 0.4) is 0 Å². The molecule has 1 heterocycles. The fraction of sp³-hybridized carbons (Fsp3) is 0. The SMILES string of the molecule is Fc1ncc(F)c(Cl)n1. The van der Waals surface area contributed by atoms with Crippen molar-refractivity contribution in [3.63, 3.8) is 0 Å². The minimum atomic E-state index is -1.03. The quantitative estimate of drug-likeness (QED) is 0.413. The largest absolute Gasteiger partial charge is 0.310 e. The predicted molar refractivity (Wildman–Crippen MR) is 27.0 cm³/mol. The second-order valence-electron chi connectivity index (χ2n) is 1.28. The third-order valence-corrected chi connectivity index (χ3v) is 0.937. The Balaban J connectivity index is 3.17. The van der Waals surface area contributed by atoms with Crippen molar-refractivity contribution in [3.8, 4) is 0 Å². The molecule has 5 heteroatoms. The highest BCUT2D eigenvalue weighted by atomic mass is 35.5. The van der Waals surface area contributed by atoms with Crippen molar-refractivity contribution in [2.24, 2.45) is 0 Å². The summed E-state index contributed by atoms with van der Waals surface area (Å²) in [4.78, 5) is 5.79. The van der Waals surface area contributed by atoms with Gasteiger partial charge in [-0.15, -0.1) is 0 Å². The molecule has 0 atom stereocenters. The Labute approximate surface area is 54.5 Å². The maximum absolute atomic E-state index is 12.1. The molecule has 0 bridgehead atoms. The van der Waals surface area contributed by atoms with Crippen molar-refractivity contribution in [2.45, 2.75) is 0 Å². The third kappa shape index (κ3) is 1.32. The molecule has 1 aromatic heterocycles. The van der Waals surface area contributed by atoms with E-state index in [9.17, 15) is 8.78 Å². The second-order valence-corrected chi connectivity index (χ2v) is 1.64. The molecule has 0 N–H and O–H groups in total. The summed E-state index contributed by atoms with van der Waals surface area (Å²) in [5.41, 5.74) is 0. The van der Waals surface area contributed by atoms with E-state index in [1.54, 1.807) is 0 Å². The van der Waals surface area contributed by atoms with Gasteiger partial charge in [0.15, 0.2) is 11.0 Å². The molecule has 0 aromatic carbocycles. The Bertz CT molecular complexity index is 228. The van der Waals surface area contributed by atoms with Gasteiger partial charge in [0.2, 0.25) is 0 Å². The molecule has 2 nitrogen and oxygen atoms in total. The molecule has 48 valence electrons. The van der Waals surface area contributed by atoms with Crippen LogP contribution in [0.25, 0.3) is 0 Å². The molecule has 1 rings (SSSR count). The maximum atomic E-state index is 12.1. The van der Waals surface area contributed by atoms with E-state index in [2.05, 4.69) is 9.97 Å². The smallest absolute Gasteiger partial charge is 0.208 e. The van der Waals surface area contributed by atoms with E-state index >= 15 is 0 Å². The van der Waals surface area contributed by atoms with Gasteiger partial charge in [-0.25, -0.2) is 9.37 Å². The van der Waals surface area contributed by atoms with E-state index in [1.807, 2.05) is 0 Å². The Morgan fingerprint density at radius 3 is 2.56 bits per heavy atom. The number of halogens is 3. The van der Waals surface area contributed by atoms with Crippen LogP contribution in [0.4, 0.5) is 8.78 Å². The molecule has 0 aliphatic rings. The summed E-state index contributed by atoms with van der Waals surface area (Å²) >= 11 is 5.05. The molecule has 0 aliphatic carbocycles. The molecule has 0 saturated carbocycles. The summed E-state index contributed by atoms with van der Waals surface area (Å²) in [6.07, 6.45) is -0.355. The predicted octanol–water partition coefficient (Wildman–Crippen LogP) is 1.41. The topological polar surface area (TPSA) is 25.8 Å². The van der Waals surface area contributed by atoms with E-state index in [0.29, 0.717) is 6.20 Å². The van der Waals surface area contributed by atoms with Crippen molar-refractivity contribution in [1.29, 1.82) is 0 Å². The summed E-state index contributed by atoms with van der Waals surface area (Å²) in [5.74, 6) is -0.821. The van der Waals surface area contributed by atoms with Crippen LogP contribution in [0.5, 0.6) is 0 Å². The van der Waals surface area contributed by atoms with Crippen LogP contribution >= 0.6 is 11.6 Å². The number of rotatable bonds is 0. The first-order valence-electron chi connectivity index (χ1n) is 2.03. The molecule has 0 fully saturated rings. The highest BCUT2D eigenvalue weighted by Crippen LogP contribution is 2.07. The van der Waals surface area contributed by atoms with Gasteiger partial charge in [-0.3, -0.25) is 0 Å². The Morgan fingerprint density at radius 2 is 2.11 bits per heavy atom. The summed E-state index contributed by atoms with van der Waals surface area (Å²) in [6, 6.07) is 0. The number of nitrogens with zero attached hydrogens (tertiary/aromatic N) is 2. The fourth-order valence-electron chi connectivity index (χ4n) is 0.326. The van der Waals surface area contributed by atoms with E-state index in [0.717, 1.165) is 0 Å². The molecular formula is C4HClF2N2. The second kappa shape index (κ2) is 2.23. The Hall–Kier alpha value is -0.770. The van der Waals surface area contributed by atoms with Crippen molar-refractivity contribution in [1.82, 2.24) is 9.97 Å². The van der Waals surface area contributed by atoms with Crippen LogP contribution in [0.2, 0.25) is 5.15 Å². The molecular weight excluding hydrogens is 150 g/mol. The van der Waals surface area contributed by atoms with Gasteiger partial charge in [0.1, 0.15) is 0 Å². The normalized spacial score (nSPS) is 9.67. The lowest BCUT2D eigenvalue weighted by Crippen LogP contribution is -1.90. The average Bonchev–Trinajstić information content (AvgIpc) is 1.80. The highest BCUT2D eigenvalue weighted by molar-refractivity contribution is 6.29. The van der Waals surface area contributed by atoms with E-state index < -0.39 is 17.0 Å². The Morgan fingerprint density at radius 1 is 1.44 bits per heavy atom. The summed E-state index contributed by atoms with van der Waals surface area (Å²) in [5, 5.41) is -0.498. The van der Waals surface area contributed by atoms with Gasteiger partial charge in [0.05, 0.1) is 6.20 Å². The summed E-state index contributed by atoms with van der Waals surface area (Å²) in [6.45, 7) is 0. The lowest BCUT2D eigenvalue weighted by atomic mass is 10.6. The average molecular weight is 151 g/mol. The first kappa shape index (κ1) is 6.35. The molecule has 0 aliphatic heterocycles. The van der Waals surface area contributed by atoms with Crippen LogP contribution < -0.4 is 0 Å². The molecule has 1 aromatic rings. The minimum Gasteiger partial charge on any atom is -0.208 e. The molecule has 0 spiro atoms. The molecule has 0 unspecified atom stereocenters. The van der Waals surface area contributed by atoms with Gasteiger partial charge in [0, 0.05) is 0 Å². The third-order valence-electron chi connectivity index (χ3n) is 0.672. The number of aromatic nitrogens is 2. The van der Waals surface area contributed by atoms with Gasteiger partial charge in [-0.2, -0.15) is 9.37 Å². The minimum absolute atomic E-state index is 0.498. The molecule has 0 radical (unpaired) electrons. The van der Waals surface area contributed by atoms with Crippen molar-refractivity contribution < 1.29 is 8.78 Å². The van der Waals surface area contributed by atoms with E-state index in [4.69, 9.17) is 11.6 Å². The van der Waals surface area contributed by atoms with Crippen LogP contribution in [-0.4, -0.2) is 9.97 Å². The van der Waals surface area contributed by atoms with Crippen molar-refractivity contribution >= 4 is 11.6 Å². The van der Waals surface area contributed by atoms with Gasteiger partial charge in [-0.1, -0.05) is 11.6 Å². The van der Waals surface area contributed by atoms with Gasteiger partial charge in [-0.05, 0) is 0 Å². The van der Waals surface area contributed by atoms with Crippen LogP contribution in [0.15, 0.2) is 6.20 Å². The summed E-state index contributed by atoms with van der Waals surface area (Å²) in [7, 11) is 0. The Kier molecular flexibility index (Phi) is 1.57. The van der Waals surface area contributed by atoms with Crippen molar-refractivity contribution in [3.05, 3.63) is 23.2 Å². The molecule has 9 heavy (non-hydrogen) atoms. The lowest BCUT2D eigenvalue weighted by Gasteiger charge is -1.88. The number of hydrogen-bond donors (Lipinski definition) is 0. The van der Waals surface area contributed by atoms with E-state index in [-0.39, 0.29) is 0 Å². The zero-order valence-electron chi connectivity index (χ0n) is 4.11. The maximum Gasteiger partial charge on any atom is 0.310 e. The van der Waals surface area contributed by atoms with Crippen LogP contribution in [0.1, 0.15) is 0 Å². The lowest BCUT2D eigenvalue weighted by molar-refractivity contribution is 0.516. The van der Waals surface area contributed by atoms with Crippen LogP contribution in [0, 0.1) is 11.9 Å². The van der Waals surface area contributed by atoms with Gasteiger partial charge < -0.3 is 0 Å². The fourth-order valence-corrected chi connectivity index (χ4v) is 0.445. The molecule has 0 saturated heterocycles. The monoisotopic (exact) mass is 150 g/mol. The zero-order valence-corrected chi connectivity index (χ0v) is 4.86. The van der Waals surface area contributed by atoms with Crippen molar-refractivity contribution in [2.75, 3.05) is 0 Å².